The third-order valence-electron chi connectivity index (χ3n) is 7.31. The second kappa shape index (κ2) is 11.6. The van der Waals surface area contributed by atoms with Crippen LogP contribution in [0.4, 0.5) is 4.39 Å². The van der Waals surface area contributed by atoms with Gasteiger partial charge in [0.15, 0.2) is 0 Å². The van der Waals surface area contributed by atoms with Gasteiger partial charge in [-0.1, -0.05) is 15.9 Å². The zero-order valence-corrected chi connectivity index (χ0v) is 20.3. The van der Waals surface area contributed by atoms with Crippen molar-refractivity contribution in [2.45, 2.75) is 77.7 Å². The van der Waals surface area contributed by atoms with Crippen molar-refractivity contribution in [3.05, 3.63) is 34.1 Å². The van der Waals surface area contributed by atoms with E-state index in [2.05, 4.69) is 32.7 Å². The van der Waals surface area contributed by atoms with E-state index >= 15 is 0 Å². The molecule has 0 radical (unpaired) electrons. The second-order valence-corrected chi connectivity index (χ2v) is 10.2. The predicted molar refractivity (Wildman–Crippen MR) is 125 cm³/mol. The van der Waals surface area contributed by atoms with Crippen LogP contribution in [0.5, 0.6) is 0 Å². The van der Waals surface area contributed by atoms with E-state index in [0.29, 0.717) is 12.0 Å². The van der Waals surface area contributed by atoms with Crippen molar-refractivity contribution in [1.29, 1.82) is 0 Å². The number of nitrogens with zero attached hydrogens (tertiary/aromatic N) is 2. The van der Waals surface area contributed by atoms with E-state index in [-0.39, 0.29) is 11.7 Å². The van der Waals surface area contributed by atoms with E-state index in [1.54, 1.807) is 13.0 Å². The van der Waals surface area contributed by atoms with Gasteiger partial charge in [-0.15, -0.1) is 0 Å². The molecule has 1 aromatic rings. The Hall–Kier alpha value is -0.940. The molecule has 0 spiro atoms. The maximum absolute atomic E-state index is 13.5. The molecule has 1 heterocycles. The average Bonchev–Trinajstić information content (AvgIpc) is 2.73. The van der Waals surface area contributed by atoms with E-state index < -0.39 is 0 Å². The molecule has 168 valence electrons. The summed E-state index contributed by atoms with van der Waals surface area (Å²) in [7, 11) is 0. The lowest BCUT2D eigenvalue weighted by molar-refractivity contribution is -0.131. The van der Waals surface area contributed by atoms with Gasteiger partial charge in [0, 0.05) is 24.0 Å². The van der Waals surface area contributed by atoms with Crippen LogP contribution < -0.4 is 0 Å². The van der Waals surface area contributed by atoms with Crippen LogP contribution in [-0.4, -0.2) is 47.9 Å². The third kappa shape index (κ3) is 6.78. The van der Waals surface area contributed by atoms with Crippen molar-refractivity contribution < 1.29 is 9.18 Å². The Morgan fingerprint density at radius 2 is 1.83 bits per heavy atom. The molecular formula is C25H38BrFN2O. The molecule has 3 nitrogen and oxygen atoms in total. The van der Waals surface area contributed by atoms with Crippen LogP contribution in [0.25, 0.3) is 0 Å². The Labute approximate surface area is 190 Å². The van der Waals surface area contributed by atoms with Crippen LogP contribution in [0.15, 0.2) is 22.7 Å². The topological polar surface area (TPSA) is 23.6 Å². The van der Waals surface area contributed by atoms with Gasteiger partial charge in [-0.2, -0.15) is 0 Å². The van der Waals surface area contributed by atoms with E-state index in [9.17, 15) is 9.18 Å². The zero-order chi connectivity index (χ0) is 21.5. The molecule has 2 fully saturated rings. The summed E-state index contributed by atoms with van der Waals surface area (Å²) in [5.74, 6) is 1.60. The lowest BCUT2D eigenvalue weighted by Gasteiger charge is -2.36. The highest BCUT2D eigenvalue weighted by atomic mass is 79.9. The summed E-state index contributed by atoms with van der Waals surface area (Å²) >= 11 is 3.57. The number of benzene rings is 1. The van der Waals surface area contributed by atoms with Crippen molar-refractivity contribution in [1.82, 2.24) is 9.80 Å². The van der Waals surface area contributed by atoms with Gasteiger partial charge in [0.2, 0.25) is 5.91 Å². The number of likely N-dealkylation sites (tertiary alicyclic amines) is 1. The fourth-order valence-electron chi connectivity index (χ4n) is 5.51. The fraction of sp³-hybridized carbons (Fsp3) is 0.720. The minimum absolute atomic E-state index is 0.136. The number of rotatable bonds is 8. The Morgan fingerprint density at radius 3 is 2.47 bits per heavy atom. The van der Waals surface area contributed by atoms with E-state index in [0.717, 1.165) is 28.9 Å². The minimum atomic E-state index is -0.136. The molecule has 1 aliphatic carbocycles. The molecule has 0 aromatic heterocycles. The fourth-order valence-corrected chi connectivity index (χ4v) is 5.92. The van der Waals surface area contributed by atoms with Gasteiger partial charge in [0.05, 0.1) is 0 Å². The maximum atomic E-state index is 13.5. The smallest absolute Gasteiger partial charge is 0.219 e. The number of carbonyl (C=O) groups is 1. The third-order valence-corrected chi connectivity index (χ3v) is 8.09. The number of carbonyl (C=O) groups excluding carboxylic acids is 1. The zero-order valence-electron chi connectivity index (χ0n) is 18.7. The number of halogens is 2. The van der Waals surface area contributed by atoms with Gasteiger partial charge in [0.25, 0.3) is 0 Å². The van der Waals surface area contributed by atoms with Gasteiger partial charge in [-0.3, -0.25) is 4.79 Å². The highest BCUT2D eigenvalue weighted by molar-refractivity contribution is 9.10. The Morgan fingerprint density at radius 1 is 1.13 bits per heavy atom. The number of hydrogen-bond donors (Lipinski definition) is 0. The van der Waals surface area contributed by atoms with Crippen LogP contribution in [0.3, 0.4) is 0 Å². The lowest BCUT2D eigenvalue weighted by Crippen LogP contribution is -2.41. The molecule has 1 saturated carbocycles. The average molecular weight is 481 g/mol. The summed E-state index contributed by atoms with van der Waals surface area (Å²) in [5.41, 5.74) is 1.11. The van der Waals surface area contributed by atoms with Crippen molar-refractivity contribution in [2.75, 3.05) is 26.2 Å². The van der Waals surface area contributed by atoms with E-state index in [1.807, 2.05) is 6.07 Å². The van der Waals surface area contributed by atoms with Gasteiger partial charge in [0.1, 0.15) is 5.82 Å². The number of hydrogen-bond acceptors (Lipinski definition) is 2. The highest BCUT2D eigenvalue weighted by Gasteiger charge is 2.26. The van der Waals surface area contributed by atoms with Crippen LogP contribution in [0.2, 0.25) is 0 Å². The molecule has 1 aromatic carbocycles. The lowest BCUT2D eigenvalue weighted by atomic mass is 9.82. The summed E-state index contributed by atoms with van der Waals surface area (Å²) in [4.78, 5) is 16.4. The van der Waals surface area contributed by atoms with Crippen LogP contribution in [0.1, 0.15) is 70.8 Å². The number of amides is 1. The van der Waals surface area contributed by atoms with Crippen molar-refractivity contribution in [2.24, 2.45) is 11.8 Å². The largest absolute Gasteiger partial charge is 0.340 e. The second-order valence-electron chi connectivity index (χ2n) is 9.35. The first-order valence-electron chi connectivity index (χ1n) is 11.9. The molecule has 3 rings (SSSR count). The van der Waals surface area contributed by atoms with Crippen molar-refractivity contribution in [3.63, 3.8) is 0 Å². The molecule has 1 amide bonds. The Bertz CT molecular complexity index is 682. The Kier molecular flexibility index (Phi) is 9.18. The van der Waals surface area contributed by atoms with Crippen molar-refractivity contribution >= 4 is 21.8 Å². The van der Waals surface area contributed by atoms with Crippen LogP contribution >= 0.6 is 15.9 Å². The van der Waals surface area contributed by atoms with Crippen LogP contribution in [0, 0.1) is 17.7 Å². The van der Waals surface area contributed by atoms with E-state index in [4.69, 9.17) is 0 Å². The normalized spacial score (nSPS) is 23.5. The molecular weight excluding hydrogens is 443 g/mol. The summed E-state index contributed by atoms with van der Waals surface area (Å²) < 4.78 is 14.6. The summed E-state index contributed by atoms with van der Waals surface area (Å²) in [6.45, 7) is 8.20. The first-order chi connectivity index (χ1) is 14.5. The maximum Gasteiger partial charge on any atom is 0.219 e. The molecule has 1 saturated heterocycles. The first kappa shape index (κ1) is 23.7. The number of piperidine rings is 1. The van der Waals surface area contributed by atoms with Crippen molar-refractivity contribution in [3.8, 4) is 0 Å². The molecule has 0 atom stereocenters. The molecule has 0 N–H and O–H groups in total. The van der Waals surface area contributed by atoms with Gasteiger partial charge in [-0.25, -0.2) is 4.39 Å². The minimum Gasteiger partial charge on any atom is -0.340 e. The van der Waals surface area contributed by atoms with E-state index in [1.165, 1.54) is 77.1 Å². The van der Waals surface area contributed by atoms with Gasteiger partial charge in [-0.05, 0) is 120 Å². The highest BCUT2D eigenvalue weighted by Crippen LogP contribution is 2.31. The standard InChI is InChI=1S/C25H38BrFN2O/c1-3-29(19(2)30)24-9-6-20(7-10-24)5-4-14-28-15-12-21(13-16-28)17-22-18-23(27)8-11-25(22)26/h8,11,18,20-21,24H,3-7,9-10,12-17H2,1-2H3/t20-,24-. The quantitative estimate of drug-likeness (QED) is 0.451. The molecule has 0 bridgehead atoms. The monoisotopic (exact) mass is 480 g/mol. The summed E-state index contributed by atoms with van der Waals surface area (Å²) in [5, 5.41) is 0. The molecule has 0 unspecified atom stereocenters. The molecule has 1 aliphatic heterocycles. The molecule has 5 heteroatoms. The van der Waals surface area contributed by atoms with Gasteiger partial charge >= 0.3 is 0 Å². The first-order valence-corrected chi connectivity index (χ1v) is 12.7. The SMILES string of the molecule is CCN(C(C)=O)[C@H]1CC[C@H](CCCN2CCC(Cc3cc(F)ccc3Br)CC2)CC1. The van der Waals surface area contributed by atoms with Crippen LogP contribution in [-0.2, 0) is 11.2 Å². The molecule has 30 heavy (non-hydrogen) atoms. The summed E-state index contributed by atoms with van der Waals surface area (Å²) in [6, 6.07) is 5.50. The van der Waals surface area contributed by atoms with Gasteiger partial charge < -0.3 is 9.80 Å². The summed E-state index contributed by atoms with van der Waals surface area (Å²) in [6.07, 6.45) is 10.9. The molecule has 2 aliphatic rings. The Balaban J connectivity index is 1.31. The predicted octanol–water partition coefficient (Wildman–Crippen LogP) is 6.05.